The fraction of sp³-hybridized carbons (Fsp3) is 0.500. The van der Waals surface area contributed by atoms with Crippen molar-refractivity contribution in [3.8, 4) is 6.07 Å². The van der Waals surface area contributed by atoms with Gasteiger partial charge in [-0.15, -0.1) is 10.2 Å². The van der Waals surface area contributed by atoms with Gasteiger partial charge in [-0.05, 0) is 38.3 Å². The summed E-state index contributed by atoms with van der Waals surface area (Å²) in [7, 11) is 0. The number of hydrogen-bond acceptors (Lipinski definition) is 4. The molecular formula is C18H20FN5. The van der Waals surface area contributed by atoms with E-state index < -0.39 is 0 Å². The van der Waals surface area contributed by atoms with Crippen LogP contribution in [-0.2, 0) is 13.0 Å². The maximum Gasteiger partial charge on any atom is 0.150 e. The summed E-state index contributed by atoms with van der Waals surface area (Å²) in [4.78, 5) is 2.09. The zero-order valence-electron chi connectivity index (χ0n) is 13.8. The van der Waals surface area contributed by atoms with Crippen molar-refractivity contribution < 1.29 is 4.39 Å². The van der Waals surface area contributed by atoms with Crippen LogP contribution in [0.3, 0.4) is 0 Å². The Labute approximate surface area is 140 Å². The van der Waals surface area contributed by atoms with E-state index in [4.69, 9.17) is 5.26 Å². The van der Waals surface area contributed by atoms with Crippen LogP contribution in [0.5, 0.6) is 0 Å². The minimum Gasteiger partial charge on any atom is -0.368 e. The first kappa shape index (κ1) is 15.1. The van der Waals surface area contributed by atoms with E-state index in [1.807, 2.05) is 6.07 Å². The number of aromatic nitrogens is 3. The molecular weight excluding hydrogens is 305 g/mol. The Balaban J connectivity index is 1.62. The van der Waals surface area contributed by atoms with Crippen LogP contribution in [0, 0.1) is 24.1 Å². The summed E-state index contributed by atoms with van der Waals surface area (Å²) in [5, 5.41) is 17.8. The molecule has 0 spiro atoms. The van der Waals surface area contributed by atoms with Crippen LogP contribution in [0.1, 0.15) is 48.0 Å². The van der Waals surface area contributed by atoms with Gasteiger partial charge in [0, 0.05) is 37.5 Å². The Bertz CT molecular complexity index is 820. The molecule has 1 aromatic carbocycles. The molecule has 0 N–H and O–H groups in total. The number of aryl methyl sites for hydroxylation is 1. The van der Waals surface area contributed by atoms with Crippen LogP contribution in [-0.4, -0.2) is 27.9 Å². The third-order valence-corrected chi connectivity index (χ3v) is 5.25. The number of anilines is 1. The summed E-state index contributed by atoms with van der Waals surface area (Å²) in [5.41, 5.74) is 1.43. The van der Waals surface area contributed by atoms with Gasteiger partial charge in [0.05, 0.1) is 17.3 Å². The first-order valence-electron chi connectivity index (χ1n) is 8.55. The quantitative estimate of drug-likeness (QED) is 0.852. The highest BCUT2D eigenvalue weighted by Crippen LogP contribution is 2.33. The Morgan fingerprint density at radius 3 is 2.96 bits per heavy atom. The molecule has 0 aliphatic carbocycles. The van der Waals surface area contributed by atoms with Crippen molar-refractivity contribution in [1.82, 2.24) is 14.8 Å². The number of piperidine rings is 1. The lowest BCUT2D eigenvalue weighted by molar-refractivity contribution is 0.467. The number of nitriles is 1. The molecule has 0 bridgehead atoms. The van der Waals surface area contributed by atoms with Crippen molar-refractivity contribution in [1.29, 1.82) is 5.26 Å². The molecule has 3 heterocycles. The average Bonchev–Trinajstić information content (AvgIpc) is 3.21. The van der Waals surface area contributed by atoms with Crippen molar-refractivity contribution in [2.45, 2.75) is 45.1 Å². The fourth-order valence-corrected chi connectivity index (χ4v) is 3.92. The predicted octanol–water partition coefficient (Wildman–Crippen LogP) is 2.93. The zero-order chi connectivity index (χ0) is 16.7. The molecule has 6 heteroatoms. The average molecular weight is 325 g/mol. The number of nitrogens with zero attached hydrogens (tertiary/aromatic N) is 5. The van der Waals surface area contributed by atoms with Crippen LogP contribution < -0.4 is 4.90 Å². The number of rotatable bonds is 2. The van der Waals surface area contributed by atoms with Crippen molar-refractivity contribution >= 4 is 5.69 Å². The lowest BCUT2D eigenvalue weighted by atomic mass is 9.96. The molecule has 1 aromatic heterocycles. The molecule has 24 heavy (non-hydrogen) atoms. The van der Waals surface area contributed by atoms with Crippen molar-refractivity contribution in [3.05, 3.63) is 40.7 Å². The molecule has 0 amide bonds. The molecule has 0 radical (unpaired) electrons. The summed E-state index contributed by atoms with van der Waals surface area (Å²) < 4.78 is 16.9. The molecule has 1 fully saturated rings. The Hall–Kier alpha value is -2.42. The van der Waals surface area contributed by atoms with E-state index in [0.717, 1.165) is 57.0 Å². The molecule has 0 unspecified atom stereocenters. The van der Waals surface area contributed by atoms with E-state index in [1.54, 1.807) is 19.1 Å². The normalized spacial score (nSPS) is 20.0. The number of hydrogen-bond donors (Lipinski definition) is 0. The lowest BCUT2D eigenvalue weighted by Crippen LogP contribution is -2.36. The summed E-state index contributed by atoms with van der Waals surface area (Å²) in [6.45, 7) is 4.25. The van der Waals surface area contributed by atoms with Gasteiger partial charge in [0.2, 0.25) is 0 Å². The van der Waals surface area contributed by atoms with Gasteiger partial charge in [-0.2, -0.15) is 5.26 Å². The molecule has 0 saturated carbocycles. The molecule has 1 atom stereocenters. The SMILES string of the molecule is Cc1c(C#N)ccc(N2CCC[C@@H](c3nnc4n3CCC4)C2)c1F. The maximum atomic E-state index is 14.7. The molecule has 4 rings (SSSR count). The number of benzene rings is 1. The van der Waals surface area contributed by atoms with E-state index >= 15 is 0 Å². The third kappa shape index (κ3) is 2.35. The van der Waals surface area contributed by atoms with Gasteiger partial charge in [-0.25, -0.2) is 4.39 Å². The molecule has 5 nitrogen and oxygen atoms in total. The maximum absolute atomic E-state index is 14.7. The van der Waals surface area contributed by atoms with Crippen LogP contribution in [0.4, 0.5) is 10.1 Å². The zero-order valence-corrected chi connectivity index (χ0v) is 13.8. The highest BCUT2D eigenvalue weighted by atomic mass is 19.1. The van der Waals surface area contributed by atoms with Crippen LogP contribution >= 0.6 is 0 Å². The van der Waals surface area contributed by atoms with E-state index in [2.05, 4.69) is 19.7 Å². The summed E-state index contributed by atoms with van der Waals surface area (Å²) in [6.07, 6.45) is 4.21. The van der Waals surface area contributed by atoms with Crippen LogP contribution in [0.15, 0.2) is 12.1 Å². The minimum atomic E-state index is -0.277. The summed E-state index contributed by atoms with van der Waals surface area (Å²) in [6, 6.07) is 5.49. The van der Waals surface area contributed by atoms with E-state index in [0.29, 0.717) is 16.8 Å². The van der Waals surface area contributed by atoms with Crippen molar-refractivity contribution in [2.24, 2.45) is 0 Å². The van der Waals surface area contributed by atoms with Gasteiger partial charge in [0.25, 0.3) is 0 Å². The van der Waals surface area contributed by atoms with Gasteiger partial charge in [0.1, 0.15) is 11.6 Å². The monoisotopic (exact) mass is 325 g/mol. The molecule has 2 aliphatic rings. The van der Waals surface area contributed by atoms with E-state index in [1.165, 1.54) is 0 Å². The second-order valence-electron chi connectivity index (χ2n) is 6.70. The Morgan fingerprint density at radius 2 is 2.12 bits per heavy atom. The van der Waals surface area contributed by atoms with Crippen LogP contribution in [0.2, 0.25) is 0 Å². The standard InChI is InChI=1S/C18H20FN5/c1-12-13(10-20)6-7-15(17(12)19)23-8-2-4-14(11-23)18-22-21-16-5-3-9-24(16)18/h6-7,14H,2-5,8-9,11H2,1H3/t14-/m1/s1. The first-order chi connectivity index (χ1) is 11.7. The third-order valence-electron chi connectivity index (χ3n) is 5.25. The van der Waals surface area contributed by atoms with Gasteiger partial charge in [-0.3, -0.25) is 0 Å². The second kappa shape index (κ2) is 5.90. The fourth-order valence-electron chi connectivity index (χ4n) is 3.92. The van der Waals surface area contributed by atoms with Crippen molar-refractivity contribution in [3.63, 3.8) is 0 Å². The minimum absolute atomic E-state index is 0.277. The highest BCUT2D eigenvalue weighted by Gasteiger charge is 2.29. The molecule has 2 aromatic rings. The molecule has 1 saturated heterocycles. The predicted molar refractivity (Wildman–Crippen MR) is 88.4 cm³/mol. The van der Waals surface area contributed by atoms with Gasteiger partial charge in [-0.1, -0.05) is 0 Å². The summed E-state index contributed by atoms with van der Waals surface area (Å²) in [5.74, 6) is 2.15. The van der Waals surface area contributed by atoms with Crippen LogP contribution in [0.25, 0.3) is 0 Å². The first-order valence-corrected chi connectivity index (χ1v) is 8.55. The molecule has 124 valence electrons. The highest BCUT2D eigenvalue weighted by molar-refractivity contribution is 5.55. The molecule has 2 aliphatic heterocycles. The number of halogens is 1. The van der Waals surface area contributed by atoms with Gasteiger partial charge >= 0.3 is 0 Å². The van der Waals surface area contributed by atoms with Gasteiger partial charge < -0.3 is 9.47 Å². The van der Waals surface area contributed by atoms with E-state index in [-0.39, 0.29) is 11.7 Å². The lowest BCUT2D eigenvalue weighted by Gasteiger charge is -2.34. The topological polar surface area (TPSA) is 57.7 Å². The number of fused-ring (bicyclic) bond motifs is 1. The van der Waals surface area contributed by atoms with Gasteiger partial charge in [0.15, 0.2) is 5.82 Å². The largest absolute Gasteiger partial charge is 0.368 e. The summed E-state index contributed by atoms with van der Waals surface area (Å²) >= 11 is 0. The van der Waals surface area contributed by atoms with E-state index in [9.17, 15) is 4.39 Å². The van der Waals surface area contributed by atoms with Crippen molar-refractivity contribution in [2.75, 3.05) is 18.0 Å². The Kier molecular flexibility index (Phi) is 3.72. The second-order valence-corrected chi connectivity index (χ2v) is 6.70. The Morgan fingerprint density at radius 1 is 1.25 bits per heavy atom. The smallest absolute Gasteiger partial charge is 0.150 e.